The van der Waals surface area contributed by atoms with Gasteiger partial charge in [0.1, 0.15) is 0 Å². The molecule has 3 N–H and O–H groups in total. The van der Waals surface area contributed by atoms with E-state index in [2.05, 4.69) is 5.32 Å². The summed E-state index contributed by atoms with van der Waals surface area (Å²) in [7, 11) is 0. The predicted octanol–water partition coefficient (Wildman–Crippen LogP) is 0.652. The van der Waals surface area contributed by atoms with E-state index in [1.54, 1.807) is 0 Å². The van der Waals surface area contributed by atoms with Crippen LogP contribution in [0.1, 0.15) is 39.0 Å². The van der Waals surface area contributed by atoms with Crippen molar-refractivity contribution in [1.82, 2.24) is 5.32 Å². The standard InChI is InChI=1S/C10H21NO2/c1-10(7-12,8-13)11-9-5-3-2-4-6-9/h9,11-13H,2-8H2,1H3. The Hall–Kier alpha value is -0.120. The Morgan fingerprint density at radius 2 is 1.69 bits per heavy atom. The van der Waals surface area contributed by atoms with Crippen LogP contribution in [-0.2, 0) is 0 Å². The molecule has 1 fully saturated rings. The maximum Gasteiger partial charge on any atom is 0.0633 e. The molecule has 0 amide bonds. The largest absolute Gasteiger partial charge is 0.394 e. The molecule has 1 saturated carbocycles. The van der Waals surface area contributed by atoms with Crippen molar-refractivity contribution in [3.8, 4) is 0 Å². The summed E-state index contributed by atoms with van der Waals surface area (Å²) >= 11 is 0. The lowest BCUT2D eigenvalue weighted by Gasteiger charge is -2.33. The first-order valence-corrected chi connectivity index (χ1v) is 5.19. The van der Waals surface area contributed by atoms with Crippen LogP contribution in [0.25, 0.3) is 0 Å². The molecule has 78 valence electrons. The lowest BCUT2D eigenvalue weighted by atomic mass is 9.92. The summed E-state index contributed by atoms with van der Waals surface area (Å²) in [5.74, 6) is 0. The fourth-order valence-corrected chi connectivity index (χ4v) is 1.88. The van der Waals surface area contributed by atoms with Gasteiger partial charge in [0.15, 0.2) is 0 Å². The average molecular weight is 187 g/mol. The van der Waals surface area contributed by atoms with E-state index in [9.17, 15) is 0 Å². The topological polar surface area (TPSA) is 52.5 Å². The molecule has 3 heteroatoms. The highest BCUT2D eigenvalue weighted by molar-refractivity contribution is 4.86. The summed E-state index contributed by atoms with van der Waals surface area (Å²) < 4.78 is 0. The van der Waals surface area contributed by atoms with E-state index in [1.807, 2.05) is 6.92 Å². The van der Waals surface area contributed by atoms with Crippen molar-refractivity contribution in [2.75, 3.05) is 13.2 Å². The summed E-state index contributed by atoms with van der Waals surface area (Å²) in [6.07, 6.45) is 6.22. The predicted molar refractivity (Wildman–Crippen MR) is 52.6 cm³/mol. The van der Waals surface area contributed by atoms with Gasteiger partial charge in [-0.05, 0) is 19.8 Å². The minimum atomic E-state index is -0.498. The molecule has 1 aliphatic rings. The van der Waals surface area contributed by atoms with Gasteiger partial charge in [-0.15, -0.1) is 0 Å². The molecule has 0 aromatic heterocycles. The van der Waals surface area contributed by atoms with Crippen LogP contribution < -0.4 is 5.32 Å². The van der Waals surface area contributed by atoms with E-state index < -0.39 is 5.54 Å². The van der Waals surface area contributed by atoms with Gasteiger partial charge >= 0.3 is 0 Å². The third-order valence-electron chi connectivity index (χ3n) is 2.86. The quantitative estimate of drug-likeness (QED) is 0.606. The number of nitrogens with one attached hydrogen (secondary N) is 1. The number of aliphatic hydroxyl groups excluding tert-OH is 2. The monoisotopic (exact) mass is 187 g/mol. The van der Waals surface area contributed by atoms with Crippen molar-refractivity contribution in [2.24, 2.45) is 0 Å². The summed E-state index contributed by atoms with van der Waals surface area (Å²) in [6, 6.07) is 0.484. The van der Waals surface area contributed by atoms with Gasteiger partial charge < -0.3 is 15.5 Å². The van der Waals surface area contributed by atoms with E-state index in [0.717, 1.165) is 0 Å². The third kappa shape index (κ3) is 3.25. The van der Waals surface area contributed by atoms with Crippen molar-refractivity contribution >= 4 is 0 Å². The Morgan fingerprint density at radius 1 is 1.15 bits per heavy atom. The lowest BCUT2D eigenvalue weighted by molar-refractivity contribution is 0.0884. The van der Waals surface area contributed by atoms with Gasteiger partial charge in [0, 0.05) is 6.04 Å². The Morgan fingerprint density at radius 3 is 2.15 bits per heavy atom. The first-order chi connectivity index (χ1) is 6.20. The molecular weight excluding hydrogens is 166 g/mol. The van der Waals surface area contributed by atoms with Crippen molar-refractivity contribution in [1.29, 1.82) is 0 Å². The van der Waals surface area contributed by atoms with Crippen LogP contribution in [0.5, 0.6) is 0 Å². The number of hydrogen-bond donors (Lipinski definition) is 3. The first-order valence-electron chi connectivity index (χ1n) is 5.19. The van der Waals surface area contributed by atoms with Crippen LogP contribution >= 0.6 is 0 Å². The van der Waals surface area contributed by atoms with Crippen LogP contribution in [0.3, 0.4) is 0 Å². The minimum Gasteiger partial charge on any atom is -0.394 e. The smallest absolute Gasteiger partial charge is 0.0633 e. The molecule has 0 spiro atoms. The molecule has 0 bridgehead atoms. The van der Waals surface area contributed by atoms with Gasteiger partial charge in [-0.3, -0.25) is 0 Å². The summed E-state index contributed by atoms with van der Waals surface area (Å²) in [6.45, 7) is 1.86. The van der Waals surface area contributed by atoms with Crippen molar-refractivity contribution in [3.63, 3.8) is 0 Å². The molecular formula is C10H21NO2. The highest BCUT2D eigenvalue weighted by Gasteiger charge is 2.26. The van der Waals surface area contributed by atoms with Crippen LogP contribution in [0, 0.1) is 0 Å². The molecule has 0 heterocycles. The van der Waals surface area contributed by atoms with Gasteiger partial charge in [0.05, 0.1) is 18.8 Å². The summed E-state index contributed by atoms with van der Waals surface area (Å²) in [5, 5.41) is 21.5. The Balaban J connectivity index is 2.35. The molecule has 0 aliphatic heterocycles. The molecule has 1 aliphatic carbocycles. The van der Waals surface area contributed by atoms with Gasteiger partial charge in [-0.25, -0.2) is 0 Å². The molecule has 0 unspecified atom stereocenters. The Kier molecular flexibility index (Phi) is 4.16. The highest BCUT2D eigenvalue weighted by atomic mass is 16.3. The van der Waals surface area contributed by atoms with Gasteiger partial charge in [-0.2, -0.15) is 0 Å². The van der Waals surface area contributed by atoms with Gasteiger partial charge in [0.25, 0.3) is 0 Å². The van der Waals surface area contributed by atoms with Crippen molar-refractivity contribution in [3.05, 3.63) is 0 Å². The van der Waals surface area contributed by atoms with Gasteiger partial charge in [-0.1, -0.05) is 19.3 Å². The zero-order valence-electron chi connectivity index (χ0n) is 8.42. The SMILES string of the molecule is CC(CO)(CO)NC1CCCCC1. The maximum atomic E-state index is 9.09. The van der Waals surface area contributed by atoms with E-state index in [-0.39, 0.29) is 13.2 Å². The van der Waals surface area contributed by atoms with Crippen molar-refractivity contribution in [2.45, 2.75) is 50.6 Å². The fourth-order valence-electron chi connectivity index (χ4n) is 1.88. The Labute approximate surface area is 80.2 Å². The van der Waals surface area contributed by atoms with E-state index in [4.69, 9.17) is 10.2 Å². The van der Waals surface area contributed by atoms with Crippen molar-refractivity contribution < 1.29 is 10.2 Å². The minimum absolute atomic E-state index is 0. The normalized spacial score (nSPS) is 20.5. The zero-order chi connectivity index (χ0) is 9.73. The molecule has 0 saturated heterocycles. The number of hydrogen-bond acceptors (Lipinski definition) is 3. The third-order valence-corrected chi connectivity index (χ3v) is 2.86. The van der Waals surface area contributed by atoms with Crippen LogP contribution in [-0.4, -0.2) is 35.0 Å². The molecule has 0 atom stereocenters. The molecule has 0 radical (unpaired) electrons. The second kappa shape index (κ2) is 4.94. The van der Waals surface area contributed by atoms with Gasteiger partial charge in [0.2, 0.25) is 0 Å². The fraction of sp³-hybridized carbons (Fsp3) is 1.00. The molecule has 13 heavy (non-hydrogen) atoms. The van der Waals surface area contributed by atoms with Crippen LogP contribution in [0.4, 0.5) is 0 Å². The molecule has 3 nitrogen and oxygen atoms in total. The van der Waals surface area contributed by atoms with E-state index in [1.165, 1.54) is 32.1 Å². The van der Waals surface area contributed by atoms with E-state index in [0.29, 0.717) is 6.04 Å². The first kappa shape index (κ1) is 11.0. The second-order valence-corrected chi connectivity index (χ2v) is 4.36. The molecule has 0 aromatic carbocycles. The number of aliphatic hydroxyl groups is 2. The maximum absolute atomic E-state index is 9.09. The summed E-state index contributed by atoms with van der Waals surface area (Å²) in [5.41, 5.74) is -0.498. The molecule has 0 aromatic rings. The lowest BCUT2D eigenvalue weighted by Crippen LogP contribution is -2.53. The molecule has 1 rings (SSSR count). The number of rotatable bonds is 4. The average Bonchev–Trinajstić information content (AvgIpc) is 2.19. The van der Waals surface area contributed by atoms with E-state index >= 15 is 0 Å². The Bertz CT molecular complexity index is 140. The zero-order valence-corrected chi connectivity index (χ0v) is 8.42. The van der Waals surface area contributed by atoms with Crippen LogP contribution in [0.15, 0.2) is 0 Å². The van der Waals surface area contributed by atoms with Crippen LogP contribution in [0.2, 0.25) is 0 Å². The highest BCUT2D eigenvalue weighted by Crippen LogP contribution is 2.19. The second-order valence-electron chi connectivity index (χ2n) is 4.36. The summed E-state index contributed by atoms with van der Waals surface area (Å²) in [4.78, 5) is 0.